The summed E-state index contributed by atoms with van der Waals surface area (Å²) in [5.41, 5.74) is 10.4. The molecule has 0 aliphatic carbocycles. The molecule has 0 atom stereocenters. The van der Waals surface area contributed by atoms with Gasteiger partial charge in [0.15, 0.2) is 5.82 Å². The molecule has 0 unspecified atom stereocenters. The lowest BCUT2D eigenvalue weighted by Gasteiger charge is -2.33. The summed E-state index contributed by atoms with van der Waals surface area (Å²) < 4.78 is 12.6. The van der Waals surface area contributed by atoms with Crippen LogP contribution in [0.4, 0.5) is 5.82 Å². The maximum atomic E-state index is 14.0. The molecule has 2 aromatic heterocycles. The highest BCUT2D eigenvalue weighted by molar-refractivity contribution is 6.06. The number of aromatic nitrogens is 3. The molecule has 0 bridgehead atoms. The molecule has 274 valence electrons. The van der Waals surface area contributed by atoms with Crippen molar-refractivity contribution in [3.63, 3.8) is 0 Å². The largest absolute Gasteiger partial charge is 0.469 e. The number of likely N-dealkylation sites (tertiary alicyclic amines) is 1. The Balaban J connectivity index is 1.30. The maximum Gasteiger partial charge on any atom is 0.309 e. The number of ether oxygens (including phenoxy) is 2. The summed E-state index contributed by atoms with van der Waals surface area (Å²) in [5.74, 6) is 1.31. The first-order valence-corrected chi connectivity index (χ1v) is 18.3. The number of benzene rings is 2. The smallest absolute Gasteiger partial charge is 0.309 e. The number of hydrogen-bond donors (Lipinski definition) is 1. The molecule has 4 aromatic rings. The van der Waals surface area contributed by atoms with Gasteiger partial charge >= 0.3 is 11.9 Å². The molecule has 2 aromatic carbocycles. The van der Waals surface area contributed by atoms with Crippen LogP contribution < -0.4 is 5.73 Å². The zero-order chi connectivity index (χ0) is 36.5. The molecule has 3 heterocycles. The number of pyridine rings is 1. The molecule has 0 saturated carbocycles. The van der Waals surface area contributed by atoms with Crippen LogP contribution in [-0.2, 0) is 49.8 Å². The predicted octanol–water partition coefficient (Wildman–Crippen LogP) is 6.09. The monoisotopic (exact) mass is 698 g/mol. The fraction of sp³-hybridized carbons (Fsp3) is 0.525. The first-order chi connectivity index (χ1) is 24.4. The van der Waals surface area contributed by atoms with Crippen LogP contribution in [-0.4, -0.2) is 81.1 Å². The molecule has 1 aliphatic rings. The van der Waals surface area contributed by atoms with Gasteiger partial charge in [-0.1, -0.05) is 55.8 Å². The molecule has 2 N–H and O–H groups in total. The van der Waals surface area contributed by atoms with Crippen molar-refractivity contribution in [2.75, 3.05) is 39.0 Å². The molecule has 0 spiro atoms. The second-order valence-corrected chi connectivity index (χ2v) is 14.7. The number of imidazole rings is 1. The van der Waals surface area contributed by atoms with Gasteiger partial charge < -0.3 is 24.7 Å². The molecule has 1 amide bonds. The van der Waals surface area contributed by atoms with Gasteiger partial charge in [0.2, 0.25) is 5.91 Å². The SMILES string of the molecule is CCCCc1nc2c(N)nc3ccccc3c2n1CCCN(Cc1ccc(CC(=O)OC)cc1)C(=O)CN1CCC(CC(=O)OC(C)(C)C)CC1. The number of nitrogens with two attached hydrogens (primary N) is 1. The summed E-state index contributed by atoms with van der Waals surface area (Å²) in [6.07, 6.45) is 5.96. The van der Waals surface area contributed by atoms with Crippen molar-refractivity contribution in [2.24, 2.45) is 5.92 Å². The Labute approximate surface area is 301 Å². The lowest BCUT2D eigenvalue weighted by Crippen LogP contribution is -2.44. The Morgan fingerprint density at radius 1 is 0.961 bits per heavy atom. The number of carbonyl (C=O) groups is 3. The standard InChI is InChI=1S/C40H54N6O5/c1-6-7-13-33-43-37-38(31-11-8-9-12-32(31)42-39(37)41)46(33)21-10-20-45(26-30-16-14-28(15-17-30)24-35(48)50-5)34(47)27-44-22-18-29(19-23-44)25-36(49)51-40(2,3)4/h8-9,11-12,14-17,29H,6-7,10,13,18-27H2,1-5H3,(H2,41,42). The molecular formula is C40H54N6O5. The number of anilines is 1. The van der Waals surface area contributed by atoms with E-state index in [1.807, 2.05) is 68.1 Å². The molecule has 1 aliphatic heterocycles. The normalized spacial score (nSPS) is 14.2. The van der Waals surface area contributed by atoms with Crippen LogP contribution in [0.1, 0.15) is 83.2 Å². The van der Waals surface area contributed by atoms with Crippen LogP contribution in [0.25, 0.3) is 21.9 Å². The number of para-hydroxylation sites is 1. The van der Waals surface area contributed by atoms with Crippen molar-refractivity contribution < 1.29 is 23.9 Å². The molecule has 11 heteroatoms. The minimum Gasteiger partial charge on any atom is -0.469 e. The maximum absolute atomic E-state index is 14.0. The van der Waals surface area contributed by atoms with E-state index in [9.17, 15) is 14.4 Å². The van der Waals surface area contributed by atoms with Crippen LogP contribution in [0.15, 0.2) is 48.5 Å². The number of piperidine rings is 1. The summed E-state index contributed by atoms with van der Waals surface area (Å²) in [6.45, 7) is 11.4. The van der Waals surface area contributed by atoms with Gasteiger partial charge in [0.05, 0.1) is 31.1 Å². The summed E-state index contributed by atoms with van der Waals surface area (Å²) in [7, 11) is 1.39. The van der Waals surface area contributed by atoms with Gasteiger partial charge in [-0.3, -0.25) is 19.3 Å². The first-order valence-electron chi connectivity index (χ1n) is 18.3. The van der Waals surface area contributed by atoms with E-state index in [2.05, 4.69) is 27.4 Å². The molecule has 1 fully saturated rings. The molecule has 51 heavy (non-hydrogen) atoms. The Bertz CT molecular complexity index is 1800. The average molecular weight is 699 g/mol. The number of nitrogens with zero attached hydrogens (tertiary/aromatic N) is 5. The van der Waals surface area contributed by atoms with E-state index in [4.69, 9.17) is 20.2 Å². The van der Waals surface area contributed by atoms with E-state index >= 15 is 0 Å². The third-order valence-corrected chi connectivity index (χ3v) is 9.52. The Morgan fingerprint density at radius 2 is 1.67 bits per heavy atom. The molecule has 11 nitrogen and oxygen atoms in total. The van der Waals surface area contributed by atoms with Crippen LogP contribution in [0.2, 0.25) is 0 Å². The number of nitrogen functional groups attached to an aromatic ring is 1. The molecular weight excluding hydrogens is 644 g/mol. The summed E-state index contributed by atoms with van der Waals surface area (Å²) in [4.78, 5) is 52.0. The van der Waals surface area contributed by atoms with E-state index < -0.39 is 5.60 Å². The number of amides is 1. The van der Waals surface area contributed by atoms with E-state index in [-0.39, 0.29) is 30.2 Å². The zero-order valence-corrected chi connectivity index (χ0v) is 31.0. The fourth-order valence-corrected chi connectivity index (χ4v) is 6.86. The third kappa shape index (κ3) is 10.3. The number of carbonyl (C=O) groups excluding carboxylic acids is 3. The van der Waals surface area contributed by atoms with Crippen LogP contribution in [0, 0.1) is 5.92 Å². The van der Waals surface area contributed by atoms with E-state index in [0.29, 0.717) is 38.4 Å². The zero-order valence-electron chi connectivity index (χ0n) is 31.0. The third-order valence-electron chi connectivity index (χ3n) is 9.52. The van der Waals surface area contributed by atoms with E-state index in [1.165, 1.54) is 7.11 Å². The average Bonchev–Trinajstić information content (AvgIpc) is 3.46. The van der Waals surface area contributed by atoms with Crippen molar-refractivity contribution in [1.29, 1.82) is 0 Å². The molecule has 5 rings (SSSR count). The van der Waals surface area contributed by atoms with Crippen molar-refractivity contribution in [2.45, 2.75) is 97.8 Å². The molecule has 0 radical (unpaired) electrons. The Hall–Kier alpha value is -4.51. The van der Waals surface area contributed by atoms with Gasteiger partial charge in [-0.2, -0.15) is 0 Å². The van der Waals surface area contributed by atoms with Gasteiger partial charge in [-0.15, -0.1) is 0 Å². The second kappa shape index (κ2) is 17.1. The number of hydrogen-bond acceptors (Lipinski definition) is 9. The number of aryl methyl sites for hydroxylation is 2. The number of fused-ring (bicyclic) bond motifs is 3. The summed E-state index contributed by atoms with van der Waals surface area (Å²) in [5, 5.41) is 1.02. The number of esters is 2. The van der Waals surface area contributed by atoms with Crippen molar-refractivity contribution in [1.82, 2.24) is 24.3 Å². The van der Waals surface area contributed by atoms with Gasteiger partial charge in [0.1, 0.15) is 16.9 Å². The van der Waals surface area contributed by atoms with Gasteiger partial charge in [-0.05, 0) is 82.7 Å². The van der Waals surface area contributed by atoms with Gasteiger partial charge in [0.25, 0.3) is 0 Å². The highest BCUT2D eigenvalue weighted by Gasteiger charge is 2.27. The van der Waals surface area contributed by atoms with E-state index in [0.717, 1.165) is 90.5 Å². The van der Waals surface area contributed by atoms with Crippen LogP contribution in [0.3, 0.4) is 0 Å². The van der Waals surface area contributed by atoms with Crippen molar-refractivity contribution in [3.8, 4) is 0 Å². The molecule has 1 saturated heterocycles. The summed E-state index contributed by atoms with van der Waals surface area (Å²) >= 11 is 0. The number of unbranched alkanes of at least 4 members (excludes halogenated alkanes) is 1. The quantitative estimate of drug-likeness (QED) is 0.147. The topological polar surface area (TPSA) is 133 Å². The number of rotatable bonds is 15. The van der Waals surface area contributed by atoms with E-state index in [1.54, 1.807) is 0 Å². The summed E-state index contributed by atoms with van der Waals surface area (Å²) in [6, 6.07) is 15.8. The van der Waals surface area contributed by atoms with Crippen molar-refractivity contribution >= 4 is 45.6 Å². The van der Waals surface area contributed by atoms with Gasteiger partial charge in [-0.25, -0.2) is 9.97 Å². The number of methoxy groups -OCH3 is 1. The predicted molar refractivity (Wildman–Crippen MR) is 200 cm³/mol. The Morgan fingerprint density at radius 3 is 2.35 bits per heavy atom. The van der Waals surface area contributed by atoms with Crippen molar-refractivity contribution in [3.05, 3.63) is 65.5 Å². The second-order valence-electron chi connectivity index (χ2n) is 14.7. The first kappa shape index (κ1) is 37.7. The highest BCUT2D eigenvalue weighted by atomic mass is 16.6. The highest BCUT2D eigenvalue weighted by Crippen LogP contribution is 2.30. The lowest BCUT2D eigenvalue weighted by atomic mass is 9.93. The van der Waals surface area contributed by atoms with Crippen LogP contribution >= 0.6 is 0 Å². The fourth-order valence-electron chi connectivity index (χ4n) is 6.86. The minimum atomic E-state index is -0.490. The van der Waals surface area contributed by atoms with Gasteiger partial charge in [0, 0.05) is 37.9 Å². The lowest BCUT2D eigenvalue weighted by molar-refractivity contribution is -0.156. The minimum absolute atomic E-state index is 0.0693. The Kier molecular flexibility index (Phi) is 12.7. The van der Waals surface area contributed by atoms with Crippen LogP contribution in [0.5, 0.6) is 0 Å².